The number of hydrogen-bond donors (Lipinski definition) is 2. The number of anilines is 2. The zero-order valence-electron chi connectivity index (χ0n) is 14.4. The van der Waals surface area contributed by atoms with Gasteiger partial charge in [0.05, 0.1) is 23.5 Å². The van der Waals surface area contributed by atoms with Crippen LogP contribution in [0.15, 0.2) is 52.5 Å². The first kappa shape index (κ1) is 17.7. The Morgan fingerprint density at radius 3 is 2.42 bits per heavy atom. The van der Waals surface area contributed by atoms with E-state index < -0.39 is 0 Å². The van der Waals surface area contributed by atoms with Gasteiger partial charge in [0.1, 0.15) is 0 Å². The first-order valence-corrected chi connectivity index (χ1v) is 8.77. The highest BCUT2D eigenvalue weighted by molar-refractivity contribution is 7.09. The molecule has 1 aromatic carbocycles. The molecule has 0 aliphatic heterocycles. The Morgan fingerprint density at radius 1 is 1.15 bits per heavy atom. The molecular weight excluding hydrogens is 352 g/mol. The van der Waals surface area contributed by atoms with Gasteiger partial charge in [-0.2, -0.15) is 0 Å². The molecule has 0 saturated carbocycles. The Kier molecular flexibility index (Phi) is 5.33. The van der Waals surface area contributed by atoms with Gasteiger partial charge in [-0.05, 0) is 43.3 Å². The summed E-state index contributed by atoms with van der Waals surface area (Å²) in [7, 11) is 1.71. The molecule has 0 fully saturated rings. The van der Waals surface area contributed by atoms with Gasteiger partial charge in [0, 0.05) is 23.8 Å². The summed E-state index contributed by atoms with van der Waals surface area (Å²) in [6, 6.07) is 9.86. The number of benzene rings is 1. The molecule has 8 heteroatoms. The SMILES string of the molecule is Cc1nc(CN(C)C(=O)Nc2ccc(NC(=O)c3ccco3)cc2)cs1. The molecule has 0 aliphatic rings. The van der Waals surface area contributed by atoms with Crippen LogP contribution in [0.2, 0.25) is 0 Å². The molecule has 134 valence electrons. The monoisotopic (exact) mass is 370 g/mol. The van der Waals surface area contributed by atoms with Crippen molar-refractivity contribution >= 4 is 34.6 Å². The van der Waals surface area contributed by atoms with Gasteiger partial charge in [-0.25, -0.2) is 9.78 Å². The molecule has 3 aromatic rings. The van der Waals surface area contributed by atoms with Crippen molar-refractivity contribution in [1.29, 1.82) is 0 Å². The normalized spacial score (nSPS) is 10.4. The van der Waals surface area contributed by atoms with E-state index in [2.05, 4.69) is 15.6 Å². The predicted octanol–water partition coefficient (Wildman–Crippen LogP) is 3.96. The number of furan rings is 1. The third kappa shape index (κ3) is 4.48. The smallest absolute Gasteiger partial charge is 0.321 e. The summed E-state index contributed by atoms with van der Waals surface area (Å²) in [4.78, 5) is 30.1. The number of nitrogens with zero attached hydrogens (tertiary/aromatic N) is 2. The summed E-state index contributed by atoms with van der Waals surface area (Å²) >= 11 is 1.56. The minimum Gasteiger partial charge on any atom is -0.459 e. The first-order chi connectivity index (χ1) is 12.5. The number of nitrogens with one attached hydrogen (secondary N) is 2. The van der Waals surface area contributed by atoms with Crippen LogP contribution in [0, 0.1) is 6.92 Å². The number of urea groups is 1. The molecule has 3 amide bonds. The summed E-state index contributed by atoms with van der Waals surface area (Å²) in [5.41, 5.74) is 2.10. The Hall–Kier alpha value is -3.13. The summed E-state index contributed by atoms with van der Waals surface area (Å²) in [5, 5.41) is 8.44. The van der Waals surface area contributed by atoms with Crippen molar-refractivity contribution in [2.75, 3.05) is 17.7 Å². The molecule has 0 bridgehead atoms. The van der Waals surface area contributed by atoms with Gasteiger partial charge in [-0.1, -0.05) is 0 Å². The molecule has 3 rings (SSSR count). The number of rotatable bonds is 5. The van der Waals surface area contributed by atoms with E-state index >= 15 is 0 Å². The quantitative estimate of drug-likeness (QED) is 0.712. The van der Waals surface area contributed by atoms with Crippen LogP contribution in [0.5, 0.6) is 0 Å². The summed E-state index contributed by atoms with van der Waals surface area (Å²) in [6.07, 6.45) is 1.44. The average molecular weight is 370 g/mol. The molecule has 2 N–H and O–H groups in total. The number of amides is 3. The number of carbonyl (C=O) groups excluding carboxylic acids is 2. The molecule has 0 radical (unpaired) electrons. The van der Waals surface area contributed by atoms with Crippen LogP contribution in [0.1, 0.15) is 21.3 Å². The second kappa shape index (κ2) is 7.83. The van der Waals surface area contributed by atoms with Crippen LogP contribution in [0.4, 0.5) is 16.2 Å². The fraction of sp³-hybridized carbons (Fsp3) is 0.167. The van der Waals surface area contributed by atoms with Crippen molar-refractivity contribution in [3.05, 3.63) is 64.5 Å². The fourth-order valence-corrected chi connectivity index (χ4v) is 2.86. The van der Waals surface area contributed by atoms with Crippen LogP contribution in [-0.2, 0) is 6.54 Å². The second-order valence-electron chi connectivity index (χ2n) is 5.65. The van der Waals surface area contributed by atoms with Gasteiger partial charge in [-0.3, -0.25) is 4.79 Å². The van der Waals surface area contributed by atoms with Crippen molar-refractivity contribution in [3.8, 4) is 0 Å². The highest BCUT2D eigenvalue weighted by Gasteiger charge is 2.12. The Balaban J connectivity index is 1.54. The number of thiazole rings is 1. The third-order valence-corrected chi connectivity index (χ3v) is 4.37. The molecule has 0 atom stereocenters. The maximum absolute atomic E-state index is 12.3. The lowest BCUT2D eigenvalue weighted by molar-refractivity contribution is 0.0996. The summed E-state index contributed by atoms with van der Waals surface area (Å²) in [6.45, 7) is 2.37. The zero-order chi connectivity index (χ0) is 18.5. The highest BCUT2D eigenvalue weighted by atomic mass is 32.1. The van der Waals surface area contributed by atoms with Gasteiger partial charge in [0.2, 0.25) is 0 Å². The van der Waals surface area contributed by atoms with E-state index in [-0.39, 0.29) is 17.7 Å². The summed E-state index contributed by atoms with van der Waals surface area (Å²) in [5.74, 6) is -0.0913. The number of aryl methyl sites for hydroxylation is 1. The van der Waals surface area contributed by atoms with Gasteiger partial charge in [0.15, 0.2) is 5.76 Å². The van der Waals surface area contributed by atoms with Crippen LogP contribution in [0.3, 0.4) is 0 Å². The topological polar surface area (TPSA) is 87.5 Å². The standard InChI is InChI=1S/C18H18N4O3S/c1-12-19-15(11-26-12)10-22(2)18(24)21-14-7-5-13(6-8-14)20-17(23)16-4-3-9-25-16/h3-9,11H,10H2,1-2H3,(H,20,23)(H,21,24). The van der Waals surface area contributed by atoms with Gasteiger partial charge >= 0.3 is 6.03 Å². The lowest BCUT2D eigenvalue weighted by atomic mass is 10.2. The van der Waals surface area contributed by atoms with Crippen LogP contribution in [-0.4, -0.2) is 28.9 Å². The van der Waals surface area contributed by atoms with Crippen LogP contribution < -0.4 is 10.6 Å². The average Bonchev–Trinajstić information content (AvgIpc) is 3.28. The molecule has 2 aromatic heterocycles. The van der Waals surface area contributed by atoms with Crippen molar-refractivity contribution in [2.24, 2.45) is 0 Å². The second-order valence-corrected chi connectivity index (χ2v) is 6.72. The lowest BCUT2D eigenvalue weighted by Crippen LogP contribution is -2.30. The van der Waals surface area contributed by atoms with Crippen LogP contribution >= 0.6 is 11.3 Å². The van der Waals surface area contributed by atoms with Crippen molar-refractivity contribution < 1.29 is 14.0 Å². The molecule has 7 nitrogen and oxygen atoms in total. The van der Waals surface area contributed by atoms with Gasteiger partial charge in [0.25, 0.3) is 5.91 Å². The molecular formula is C18H18N4O3S. The van der Waals surface area contributed by atoms with E-state index in [4.69, 9.17) is 4.42 Å². The number of hydrogen-bond acceptors (Lipinski definition) is 5. The van der Waals surface area contributed by atoms with E-state index in [0.717, 1.165) is 10.7 Å². The van der Waals surface area contributed by atoms with E-state index in [1.165, 1.54) is 6.26 Å². The Bertz CT molecular complexity index is 888. The highest BCUT2D eigenvalue weighted by Crippen LogP contribution is 2.16. The maximum Gasteiger partial charge on any atom is 0.321 e. The van der Waals surface area contributed by atoms with Crippen molar-refractivity contribution in [2.45, 2.75) is 13.5 Å². The van der Waals surface area contributed by atoms with Crippen molar-refractivity contribution in [1.82, 2.24) is 9.88 Å². The Labute approximate surface area is 154 Å². The number of aromatic nitrogens is 1. The largest absolute Gasteiger partial charge is 0.459 e. The van der Waals surface area contributed by atoms with E-state index in [1.807, 2.05) is 12.3 Å². The van der Waals surface area contributed by atoms with Crippen molar-refractivity contribution in [3.63, 3.8) is 0 Å². The molecule has 0 saturated heterocycles. The summed E-state index contributed by atoms with van der Waals surface area (Å²) < 4.78 is 5.04. The molecule has 0 aliphatic carbocycles. The maximum atomic E-state index is 12.3. The minimum atomic E-state index is -0.329. The molecule has 2 heterocycles. The van der Waals surface area contributed by atoms with E-state index in [1.54, 1.807) is 59.7 Å². The fourth-order valence-electron chi connectivity index (χ4n) is 2.25. The molecule has 0 spiro atoms. The first-order valence-electron chi connectivity index (χ1n) is 7.89. The third-order valence-electron chi connectivity index (χ3n) is 3.55. The van der Waals surface area contributed by atoms with E-state index in [9.17, 15) is 9.59 Å². The number of carbonyl (C=O) groups is 2. The molecule has 26 heavy (non-hydrogen) atoms. The predicted molar refractivity (Wildman–Crippen MR) is 100 cm³/mol. The van der Waals surface area contributed by atoms with Gasteiger partial charge < -0.3 is 20.0 Å². The molecule has 0 unspecified atom stereocenters. The lowest BCUT2D eigenvalue weighted by Gasteiger charge is -2.17. The Morgan fingerprint density at radius 2 is 1.85 bits per heavy atom. The van der Waals surface area contributed by atoms with E-state index in [0.29, 0.717) is 17.9 Å². The van der Waals surface area contributed by atoms with Gasteiger partial charge in [-0.15, -0.1) is 11.3 Å². The zero-order valence-corrected chi connectivity index (χ0v) is 15.2. The minimum absolute atomic E-state index is 0.233. The van der Waals surface area contributed by atoms with Crippen LogP contribution in [0.25, 0.3) is 0 Å².